The van der Waals surface area contributed by atoms with Crippen LogP contribution in [0.1, 0.15) is 11.4 Å². The van der Waals surface area contributed by atoms with Gasteiger partial charge in [0.25, 0.3) is 0 Å². The van der Waals surface area contributed by atoms with Crippen molar-refractivity contribution >= 4 is 5.69 Å². The van der Waals surface area contributed by atoms with Crippen LogP contribution in [0.5, 0.6) is 11.5 Å². The van der Waals surface area contributed by atoms with E-state index in [2.05, 4.69) is 10.3 Å². The van der Waals surface area contributed by atoms with E-state index in [0.29, 0.717) is 19.8 Å². The molecule has 0 aliphatic carbocycles. The van der Waals surface area contributed by atoms with E-state index in [1.54, 1.807) is 0 Å². The summed E-state index contributed by atoms with van der Waals surface area (Å²) < 4.78 is 11.0. The monoisotopic (exact) mass is 256 g/mol. The average molecular weight is 256 g/mol. The largest absolute Gasteiger partial charge is 0.486 e. The van der Waals surface area contributed by atoms with Gasteiger partial charge in [-0.3, -0.25) is 4.98 Å². The van der Waals surface area contributed by atoms with Gasteiger partial charge in [0.1, 0.15) is 13.2 Å². The predicted octanol–water partition coefficient (Wildman–Crippen LogP) is 2.77. The maximum atomic E-state index is 5.55. The molecular weight excluding hydrogens is 240 g/mol. The Kier molecular flexibility index (Phi) is 3.23. The number of aryl methyl sites for hydroxylation is 1. The normalized spacial score (nSPS) is 13.1. The van der Waals surface area contributed by atoms with E-state index in [9.17, 15) is 0 Å². The van der Waals surface area contributed by atoms with E-state index in [1.165, 1.54) is 0 Å². The van der Waals surface area contributed by atoms with Crippen molar-refractivity contribution in [2.45, 2.75) is 13.5 Å². The highest BCUT2D eigenvalue weighted by atomic mass is 16.6. The molecule has 1 aliphatic rings. The first kappa shape index (κ1) is 11.8. The van der Waals surface area contributed by atoms with Crippen LogP contribution in [0.2, 0.25) is 0 Å². The lowest BCUT2D eigenvalue weighted by molar-refractivity contribution is 0.171. The molecule has 0 atom stereocenters. The number of pyridine rings is 1. The lowest BCUT2D eigenvalue weighted by Gasteiger charge is -2.19. The highest BCUT2D eigenvalue weighted by Crippen LogP contribution is 2.32. The van der Waals surface area contributed by atoms with Crippen molar-refractivity contribution in [2.24, 2.45) is 0 Å². The quantitative estimate of drug-likeness (QED) is 0.917. The number of anilines is 1. The molecule has 1 aromatic heterocycles. The number of fused-ring (bicyclic) bond motifs is 1. The van der Waals surface area contributed by atoms with Crippen LogP contribution in [0.4, 0.5) is 5.69 Å². The first-order valence-electron chi connectivity index (χ1n) is 6.37. The van der Waals surface area contributed by atoms with Gasteiger partial charge in [0.2, 0.25) is 0 Å². The van der Waals surface area contributed by atoms with Gasteiger partial charge in [0.15, 0.2) is 11.5 Å². The third-order valence-corrected chi connectivity index (χ3v) is 2.96. The van der Waals surface area contributed by atoms with Crippen LogP contribution in [0.3, 0.4) is 0 Å². The van der Waals surface area contributed by atoms with Gasteiger partial charge in [0, 0.05) is 17.4 Å². The molecule has 0 amide bonds. The summed E-state index contributed by atoms with van der Waals surface area (Å²) >= 11 is 0. The minimum Gasteiger partial charge on any atom is -0.486 e. The number of nitrogens with one attached hydrogen (secondary N) is 1. The van der Waals surface area contributed by atoms with Gasteiger partial charge in [0.05, 0.1) is 12.2 Å². The maximum absolute atomic E-state index is 5.55. The smallest absolute Gasteiger partial charge is 0.163 e. The minimum atomic E-state index is 0.607. The topological polar surface area (TPSA) is 43.4 Å². The fraction of sp³-hybridized carbons (Fsp3) is 0.267. The van der Waals surface area contributed by atoms with E-state index in [4.69, 9.17) is 9.47 Å². The number of rotatable bonds is 3. The Hall–Kier alpha value is -2.23. The van der Waals surface area contributed by atoms with Crippen LogP contribution < -0.4 is 14.8 Å². The standard InChI is InChI=1S/C15H16N2O2/c1-11-3-2-4-13(17-11)10-16-12-5-6-14-15(9-12)19-8-7-18-14/h2-6,9,16H,7-8,10H2,1H3. The molecule has 2 heterocycles. The van der Waals surface area contributed by atoms with Crippen molar-refractivity contribution < 1.29 is 9.47 Å². The fourth-order valence-electron chi connectivity index (χ4n) is 2.04. The summed E-state index contributed by atoms with van der Waals surface area (Å²) in [7, 11) is 0. The molecule has 1 aliphatic heterocycles. The molecule has 98 valence electrons. The van der Waals surface area contributed by atoms with E-state index in [1.807, 2.05) is 43.3 Å². The first-order valence-corrected chi connectivity index (χ1v) is 6.37. The molecule has 2 aromatic rings. The predicted molar refractivity (Wildman–Crippen MR) is 73.7 cm³/mol. The molecule has 19 heavy (non-hydrogen) atoms. The minimum absolute atomic E-state index is 0.607. The Labute approximate surface area is 112 Å². The molecule has 1 aromatic carbocycles. The Morgan fingerprint density at radius 2 is 1.95 bits per heavy atom. The molecule has 1 N–H and O–H groups in total. The second-order valence-corrected chi connectivity index (χ2v) is 4.48. The molecule has 0 bridgehead atoms. The Morgan fingerprint density at radius 1 is 1.11 bits per heavy atom. The zero-order chi connectivity index (χ0) is 13.1. The zero-order valence-corrected chi connectivity index (χ0v) is 10.8. The fourth-order valence-corrected chi connectivity index (χ4v) is 2.04. The van der Waals surface area contributed by atoms with Gasteiger partial charge in [-0.15, -0.1) is 0 Å². The van der Waals surface area contributed by atoms with Crippen molar-refractivity contribution in [1.82, 2.24) is 4.98 Å². The Morgan fingerprint density at radius 3 is 2.79 bits per heavy atom. The molecule has 4 heteroatoms. The number of hydrogen-bond donors (Lipinski definition) is 1. The SMILES string of the molecule is Cc1cccc(CNc2ccc3c(c2)OCCO3)n1. The van der Waals surface area contributed by atoms with E-state index >= 15 is 0 Å². The summed E-state index contributed by atoms with van der Waals surface area (Å²) in [6.45, 7) is 3.91. The molecule has 0 radical (unpaired) electrons. The highest BCUT2D eigenvalue weighted by Gasteiger charge is 2.11. The van der Waals surface area contributed by atoms with E-state index in [0.717, 1.165) is 28.6 Å². The zero-order valence-electron chi connectivity index (χ0n) is 10.8. The van der Waals surface area contributed by atoms with E-state index < -0.39 is 0 Å². The van der Waals surface area contributed by atoms with Crippen LogP contribution in [0, 0.1) is 6.92 Å². The van der Waals surface area contributed by atoms with Crippen molar-refractivity contribution in [3.63, 3.8) is 0 Å². The van der Waals surface area contributed by atoms with Crippen LogP contribution in [-0.4, -0.2) is 18.2 Å². The lowest BCUT2D eigenvalue weighted by atomic mass is 10.2. The summed E-state index contributed by atoms with van der Waals surface area (Å²) in [6.07, 6.45) is 0. The van der Waals surface area contributed by atoms with Crippen molar-refractivity contribution in [3.05, 3.63) is 47.8 Å². The van der Waals surface area contributed by atoms with Gasteiger partial charge in [-0.1, -0.05) is 6.07 Å². The number of hydrogen-bond acceptors (Lipinski definition) is 4. The van der Waals surface area contributed by atoms with Crippen molar-refractivity contribution in [3.8, 4) is 11.5 Å². The molecule has 0 spiro atoms. The van der Waals surface area contributed by atoms with Crippen LogP contribution in [0.25, 0.3) is 0 Å². The van der Waals surface area contributed by atoms with Crippen LogP contribution >= 0.6 is 0 Å². The van der Waals surface area contributed by atoms with Gasteiger partial charge < -0.3 is 14.8 Å². The summed E-state index contributed by atoms with van der Waals surface area (Å²) in [6, 6.07) is 11.9. The van der Waals surface area contributed by atoms with E-state index in [-0.39, 0.29) is 0 Å². The van der Waals surface area contributed by atoms with Crippen LogP contribution in [0.15, 0.2) is 36.4 Å². The van der Waals surface area contributed by atoms with Gasteiger partial charge in [-0.2, -0.15) is 0 Å². The van der Waals surface area contributed by atoms with Gasteiger partial charge in [-0.25, -0.2) is 0 Å². The van der Waals surface area contributed by atoms with Crippen molar-refractivity contribution in [1.29, 1.82) is 0 Å². The number of aromatic nitrogens is 1. The number of ether oxygens (including phenoxy) is 2. The Balaban J connectivity index is 1.70. The number of nitrogens with zero attached hydrogens (tertiary/aromatic N) is 1. The number of benzene rings is 1. The summed E-state index contributed by atoms with van der Waals surface area (Å²) in [5.41, 5.74) is 3.06. The maximum Gasteiger partial charge on any atom is 0.163 e. The second-order valence-electron chi connectivity index (χ2n) is 4.48. The summed E-state index contributed by atoms with van der Waals surface area (Å²) in [5, 5.41) is 3.34. The van der Waals surface area contributed by atoms with Crippen LogP contribution in [-0.2, 0) is 6.54 Å². The van der Waals surface area contributed by atoms with Gasteiger partial charge >= 0.3 is 0 Å². The second kappa shape index (κ2) is 5.18. The molecule has 0 saturated carbocycles. The third-order valence-electron chi connectivity index (χ3n) is 2.96. The highest BCUT2D eigenvalue weighted by molar-refractivity contribution is 5.55. The molecule has 3 rings (SSSR count). The molecule has 4 nitrogen and oxygen atoms in total. The Bertz CT molecular complexity index is 584. The first-order chi connectivity index (χ1) is 9.31. The van der Waals surface area contributed by atoms with Crippen molar-refractivity contribution in [2.75, 3.05) is 18.5 Å². The molecular formula is C15H16N2O2. The molecule has 0 unspecified atom stereocenters. The summed E-state index contributed by atoms with van der Waals surface area (Å²) in [5.74, 6) is 1.61. The lowest BCUT2D eigenvalue weighted by Crippen LogP contribution is -2.15. The molecule has 0 fully saturated rings. The summed E-state index contributed by atoms with van der Waals surface area (Å²) in [4.78, 5) is 4.46. The molecule has 0 saturated heterocycles. The van der Waals surface area contributed by atoms with Gasteiger partial charge in [-0.05, 0) is 31.2 Å². The third kappa shape index (κ3) is 2.78. The average Bonchev–Trinajstić information content (AvgIpc) is 2.45.